The third-order valence-electron chi connectivity index (χ3n) is 7.92. The lowest BCUT2D eigenvalue weighted by Crippen LogP contribution is -2.46. The number of anilines is 1. The molecule has 0 saturated carbocycles. The van der Waals surface area contributed by atoms with Crippen LogP contribution in [0.3, 0.4) is 0 Å². The first-order valence-corrected chi connectivity index (χ1v) is 22.5. The maximum Gasteiger partial charge on any atom is 0.274 e. The van der Waals surface area contributed by atoms with E-state index in [4.69, 9.17) is 10.5 Å². The molecule has 2 amide bonds. The number of carbonyl (C=O) groups excluding carboxylic acids is 3. The first-order valence-electron chi connectivity index (χ1n) is 17.2. The standard InChI is InChI=1S/C29H48N7O17P3S/c1-4-5-6-7-8-9-20(38)57-13-12-31-19(37)10-11-32-27(41)24(40)29(2,3)15-50-56(47,48)53-55(45,46)49-14-18-23(52-54(42,43)44)22(39)28(51-18)36-17-35-21-25(30)33-16-34-26(21)36/h7-8,16-18,22-24,28,39-40H,4-6,9-15H2,1-3H3,(H,31,37)(H,32,41)(H,45,46)(H,47,48)(H2,30,33,34)(H2,42,43,44)/p-4/b8-7+/t18-,22-,23-,24+,28-/m1/s1. The average molecular weight is 888 g/mol. The number of phosphoric acid groups is 3. The number of aliphatic hydroxyl groups excluding tert-OH is 2. The minimum Gasteiger partial charge on any atom is -0.790 e. The number of ether oxygens (including phenoxy) is 1. The van der Waals surface area contributed by atoms with E-state index in [-0.39, 0.29) is 48.0 Å². The average Bonchev–Trinajstić information content (AvgIpc) is 3.68. The number of allylic oxidation sites excluding steroid dienone is 2. The Bertz CT molecular complexity index is 1860. The third kappa shape index (κ3) is 15.8. The Balaban J connectivity index is 1.46. The lowest BCUT2D eigenvalue weighted by molar-refractivity contribution is -0.347. The van der Waals surface area contributed by atoms with Crippen LogP contribution in [-0.2, 0) is 50.7 Å². The van der Waals surface area contributed by atoms with E-state index in [1.54, 1.807) is 0 Å². The summed E-state index contributed by atoms with van der Waals surface area (Å²) in [7, 11) is -17.6. The molecule has 0 bridgehead atoms. The van der Waals surface area contributed by atoms with E-state index in [0.717, 1.165) is 48.2 Å². The summed E-state index contributed by atoms with van der Waals surface area (Å²) in [5.74, 6) is -1.20. The van der Waals surface area contributed by atoms with Crippen LogP contribution >= 0.6 is 35.2 Å². The second-order valence-electron chi connectivity index (χ2n) is 13.0. The first-order chi connectivity index (χ1) is 26.6. The van der Waals surface area contributed by atoms with E-state index >= 15 is 0 Å². The van der Waals surface area contributed by atoms with Gasteiger partial charge in [0.05, 0.1) is 27.4 Å². The Kier molecular flexibility index (Phi) is 18.4. The number of phosphoric ester groups is 3. The van der Waals surface area contributed by atoms with Gasteiger partial charge in [0.25, 0.3) is 15.6 Å². The molecular formula is C29H44N7O17P3S-4. The van der Waals surface area contributed by atoms with Crippen molar-refractivity contribution in [1.82, 2.24) is 30.2 Å². The number of carbonyl (C=O) groups is 3. The molecule has 2 aromatic heterocycles. The molecule has 3 rings (SSSR count). The van der Waals surface area contributed by atoms with Crippen molar-refractivity contribution in [3.8, 4) is 0 Å². The minimum absolute atomic E-state index is 0.0208. The molecule has 1 aliphatic heterocycles. The van der Waals surface area contributed by atoms with Crippen molar-refractivity contribution in [2.24, 2.45) is 5.41 Å². The Hall–Kier alpha value is -2.70. The van der Waals surface area contributed by atoms with Crippen molar-refractivity contribution < 1.29 is 80.5 Å². The van der Waals surface area contributed by atoms with Crippen LogP contribution in [0, 0.1) is 5.41 Å². The Labute approximate surface area is 330 Å². The summed E-state index contributed by atoms with van der Waals surface area (Å²) in [6, 6.07) is 0. The second-order valence-corrected chi connectivity index (χ2v) is 18.2. The number of aliphatic hydroxyl groups is 2. The minimum atomic E-state index is -5.91. The van der Waals surface area contributed by atoms with E-state index < -0.39 is 84.6 Å². The molecule has 2 unspecified atom stereocenters. The Morgan fingerprint density at radius 1 is 1.09 bits per heavy atom. The van der Waals surface area contributed by atoms with Gasteiger partial charge in [-0.1, -0.05) is 57.5 Å². The number of nitrogens with one attached hydrogen (secondary N) is 2. The van der Waals surface area contributed by atoms with E-state index in [0.29, 0.717) is 5.75 Å². The summed E-state index contributed by atoms with van der Waals surface area (Å²) in [6.45, 7) is 2.19. The molecule has 6 N–H and O–H groups in total. The topological polar surface area (TPSA) is 375 Å². The van der Waals surface area contributed by atoms with E-state index in [1.165, 1.54) is 13.8 Å². The number of hydrogen-bond acceptors (Lipinski definition) is 22. The van der Waals surface area contributed by atoms with E-state index in [1.807, 2.05) is 12.2 Å². The van der Waals surface area contributed by atoms with Gasteiger partial charge >= 0.3 is 0 Å². The van der Waals surface area contributed by atoms with Gasteiger partial charge in [-0.15, -0.1) is 0 Å². The number of nitrogen functional groups attached to an aromatic ring is 1. The normalized spacial score (nSPS) is 21.6. The number of hydrogen-bond donors (Lipinski definition) is 5. The highest BCUT2D eigenvalue weighted by Gasteiger charge is 2.47. The van der Waals surface area contributed by atoms with Crippen LogP contribution in [0.5, 0.6) is 0 Å². The number of nitrogens with two attached hydrogens (primary N) is 1. The predicted molar refractivity (Wildman–Crippen MR) is 192 cm³/mol. The van der Waals surface area contributed by atoms with Crippen LogP contribution in [-0.4, -0.2) is 103 Å². The number of unbranched alkanes of at least 4 members (excludes halogenated alkanes) is 2. The molecule has 7 atom stereocenters. The first kappa shape index (κ1) is 48.7. The van der Waals surface area contributed by atoms with Gasteiger partial charge in [-0.25, -0.2) is 19.3 Å². The van der Waals surface area contributed by atoms with Gasteiger partial charge in [-0.05, 0) is 6.42 Å². The highest BCUT2D eigenvalue weighted by Crippen LogP contribution is 2.56. The molecule has 1 saturated heterocycles. The molecule has 0 spiro atoms. The fraction of sp³-hybridized carbons (Fsp3) is 0.655. The SMILES string of the molecule is CCCC/C=C/CC(=O)SCCNC(=O)CCNC(=O)[C@H](O)C(C)(C)COP(=O)([O-])OP(=O)([O-])OC[C@H]1O[C@@H](n2cnc3c(N)ncnc32)[C@H](O)[C@@H]1OP(=O)([O-])[O-]. The lowest BCUT2D eigenvalue weighted by Gasteiger charge is -2.36. The molecule has 322 valence electrons. The van der Waals surface area contributed by atoms with E-state index in [9.17, 15) is 57.9 Å². The number of thioether (sulfide) groups is 1. The van der Waals surface area contributed by atoms with Crippen molar-refractivity contribution in [1.29, 1.82) is 0 Å². The molecule has 1 fully saturated rings. The molecule has 2 aromatic rings. The Morgan fingerprint density at radius 2 is 1.79 bits per heavy atom. The van der Waals surface area contributed by atoms with Crippen LogP contribution in [0.4, 0.5) is 5.82 Å². The van der Waals surface area contributed by atoms with Gasteiger partial charge in [0.2, 0.25) is 11.8 Å². The second kappa shape index (κ2) is 21.5. The zero-order valence-corrected chi connectivity index (χ0v) is 34.4. The van der Waals surface area contributed by atoms with Crippen molar-refractivity contribution in [2.75, 3.05) is 37.8 Å². The molecular weight excluding hydrogens is 843 g/mol. The summed E-state index contributed by atoms with van der Waals surface area (Å²) in [5.41, 5.74) is 4.07. The fourth-order valence-corrected chi connectivity index (χ4v) is 8.33. The molecule has 3 heterocycles. The molecule has 1 aliphatic rings. The predicted octanol–water partition coefficient (Wildman–Crippen LogP) is -1.73. The largest absolute Gasteiger partial charge is 0.790 e. The number of amides is 2. The number of aromatic nitrogens is 4. The quantitative estimate of drug-likeness (QED) is 0.0444. The highest BCUT2D eigenvalue weighted by atomic mass is 32.2. The summed E-state index contributed by atoms with van der Waals surface area (Å²) in [6.07, 6.45) is -0.514. The molecule has 24 nitrogen and oxygen atoms in total. The van der Waals surface area contributed by atoms with Gasteiger partial charge in [-0.3, -0.25) is 28.1 Å². The molecule has 28 heteroatoms. The highest BCUT2D eigenvalue weighted by molar-refractivity contribution is 8.13. The van der Waals surface area contributed by atoms with Crippen LogP contribution in [0.15, 0.2) is 24.8 Å². The third-order valence-corrected chi connectivity index (χ3v) is 11.8. The van der Waals surface area contributed by atoms with Crippen molar-refractivity contribution in [2.45, 2.75) is 83.5 Å². The van der Waals surface area contributed by atoms with Crippen LogP contribution in [0.2, 0.25) is 0 Å². The fourth-order valence-electron chi connectivity index (χ4n) is 4.95. The molecule has 0 aromatic carbocycles. The summed E-state index contributed by atoms with van der Waals surface area (Å²) in [4.78, 5) is 96.0. The number of rotatable bonds is 24. The number of fused-ring (bicyclic) bond motifs is 1. The van der Waals surface area contributed by atoms with Gasteiger partial charge in [0.1, 0.15) is 36.3 Å². The molecule has 0 radical (unpaired) electrons. The zero-order valence-electron chi connectivity index (χ0n) is 30.9. The summed E-state index contributed by atoms with van der Waals surface area (Å²) < 4.78 is 60.5. The van der Waals surface area contributed by atoms with Gasteiger partial charge < -0.3 is 69.0 Å². The smallest absolute Gasteiger partial charge is 0.274 e. The monoisotopic (exact) mass is 887 g/mol. The number of nitrogens with zero attached hydrogens (tertiary/aromatic N) is 4. The summed E-state index contributed by atoms with van der Waals surface area (Å²) >= 11 is 1.07. The maximum atomic E-state index is 12.5. The van der Waals surface area contributed by atoms with Crippen molar-refractivity contribution in [3.05, 3.63) is 24.8 Å². The zero-order chi connectivity index (χ0) is 42.6. The van der Waals surface area contributed by atoms with Crippen LogP contribution in [0.25, 0.3) is 11.2 Å². The number of imidazole rings is 1. The van der Waals surface area contributed by atoms with E-state index in [2.05, 4.69) is 50.4 Å². The maximum absolute atomic E-state index is 12.5. The van der Waals surface area contributed by atoms with Crippen LogP contribution in [0.1, 0.15) is 59.1 Å². The van der Waals surface area contributed by atoms with Crippen molar-refractivity contribution in [3.63, 3.8) is 0 Å². The van der Waals surface area contributed by atoms with Gasteiger partial charge in [-0.2, -0.15) is 0 Å². The Morgan fingerprint density at radius 3 is 2.47 bits per heavy atom. The molecule has 0 aliphatic carbocycles. The van der Waals surface area contributed by atoms with Crippen molar-refractivity contribution >= 4 is 69.1 Å². The summed E-state index contributed by atoms with van der Waals surface area (Å²) in [5, 5.41) is 26.2. The van der Waals surface area contributed by atoms with Gasteiger partial charge in [0, 0.05) is 37.1 Å². The molecule has 57 heavy (non-hydrogen) atoms. The lowest BCUT2D eigenvalue weighted by atomic mass is 9.87. The van der Waals surface area contributed by atoms with Gasteiger partial charge in [0.15, 0.2) is 22.8 Å². The van der Waals surface area contributed by atoms with Crippen LogP contribution < -0.4 is 35.9 Å².